The summed E-state index contributed by atoms with van der Waals surface area (Å²) in [6.45, 7) is 14.2. The topological polar surface area (TPSA) is 0 Å². The van der Waals surface area contributed by atoms with Gasteiger partial charge in [0, 0.05) is 0 Å². The third-order valence-electron chi connectivity index (χ3n) is 19.8. The molecule has 0 fully saturated rings. The second kappa shape index (κ2) is 71.0. The molecule has 0 aromatic heterocycles. The molecule has 0 radical (unpaired) electrons. The lowest BCUT2D eigenvalue weighted by atomic mass is 9.94. The summed E-state index contributed by atoms with van der Waals surface area (Å²) < 4.78 is 0. The Bertz CT molecular complexity index is 906. The van der Waals surface area contributed by atoms with Gasteiger partial charge in [0.15, 0.2) is 0 Å². The van der Waals surface area contributed by atoms with Gasteiger partial charge in [-0.1, -0.05) is 499 Å². The summed E-state index contributed by atoms with van der Waals surface area (Å²) in [5.41, 5.74) is 0. The average Bonchev–Trinajstić information content (AvgIpc) is 3.45. The van der Waals surface area contributed by atoms with Gasteiger partial charge in [-0.3, -0.25) is 0 Å². The average molecular weight is 1120 g/mol. The van der Waals surface area contributed by atoms with Gasteiger partial charge in [-0.05, 0) is 0 Å². The van der Waals surface area contributed by atoms with Crippen molar-refractivity contribution in [2.24, 2.45) is 17.8 Å². The van der Waals surface area contributed by atoms with Gasteiger partial charge in [0.25, 0.3) is 14.1 Å². The van der Waals surface area contributed by atoms with Gasteiger partial charge in [0.2, 0.25) is 0 Å². The zero-order valence-corrected chi connectivity index (χ0v) is 58.3. The van der Waals surface area contributed by atoms with Crippen molar-refractivity contribution in [2.75, 3.05) is 0 Å². The van der Waals surface area contributed by atoms with Crippen LogP contribution in [-0.2, 0) is 0 Å². The fourth-order valence-electron chi connectivity index (χ4n) is 14.4. The Kier molecular flexibility index (Phi) is 71.5. The number of rotatable bonds is 72. The molecule has 0 N–H and O–H groups in total. The Hall–Kier alpha value is 0.532. The molecule has 0 rings (SSSR count). The molecule has 3 unspecified atom stereocenters. The van der Waals surface area contributed by atoms with Crippen molar-refractivity contribution >= 4 is 14.1 Å². The monoisotopic (exact) mass is 1120 g/mol. The van der Waals surface area contributed by atoms with Crippen molar-refractivity contribution in [3.63, 3.8) is 0 Å². The summed E-state index contributed by atoms with van der Waals surface area (Å²) in [5, 5.41) is 5.19. The Morgan fingerprint density at radius 1 is 0.139 bits per heavy atom. The fourth-order valence-corrected chi connectivity index (χ4v) is 19.2. The minimum Gasteiger partial charge on any atom is -0.0910 e. The molecule has 474 valence electrons. The van der Waals surface area contributed by atoms with E-state index in [0.717, 1.165) is 17.8 Å². The largest absolute Gasteiger partial charge is 0.262 e. The molecule has 0 aromatic carbocycles. The molecule has 0 saturated heterocycles. The summed E-state index contributed by atoms with van der Waals surface area (Å²) >= 11 is -0.909. The van der Waals surface area contributed by atoms with Crippen molar-refractivity contribution in [1.82, 2.24) is 0 Å². The Labute approximate surface area is 510 Å². The third-order valence-corrected chi connectivity index (χ3v) is 23.8. The Morgan fingerprint density at radius 3 is 0.354 bits per heavy atom. The molecule has 0 aromatic rings. The van der Waals surface area contributed by atoms with Gasteiger partial charge >= 0.3 is 0 Å². The van der Waals surface area contributed by atoms with Gasteiger partial charge in [-0.25, -0.2) is 0 Å². The van der Waals surface area contributed by atoms with Gasteiger partial charge in [0.05, 0.1) is 0 Å². The van der Waals surface area contributed by atoms with Crippen LogP contribution in [-0.4, -0.2) is 14.1 Å². The predicted molar refractivity (Wildman–Crippen MR) is 369 cm³/mol. The van der Waals surface area contributed by atoms with Crippen LogP contribution in [0.15, 0.2) is 0 Å². The maximum atomic E-state index is 2.38. The van der Waals surface area contributed by atoms with E-state index in [1.807, 2.05) is 0 Å². The number of hydrogen-bond acceptors (Lipinski definition) is 0. The molecule has 1 heteroatoms. The maximum Gasteiger partial charge on any atom is 0.262 e. The van der Waals surface area contributed by atoms with Crippen molar-refractivity contribution in [3.8, 4) is 0 Å². The second-order valence-corrected chi connectivity index (χ2v) is 31.1. The standard InChI is InChI=1S/3C26H53.Al/c3*1-4-6-8-10-12-14-15-16-17-19-21-23-25-26(3)24-22-20-18-13-11-9-7-5-2;/h3*26H,3-25H2,1-2H3;. The fraction of sp³-hybridized carbons (Fsp3) is 1.00. The lowest BCUT2D eigenvalue weighted by molar-refractivity contribution is 0.402. The van der Waals surface area contributed by atoms with Crippen LogP contribution in [0.1, 0.15) is 465 Å². The predicted octanol–water partition coefficient (Wildman–Crippen LogP) is 30.2. The normalized spacial score (nSPS) is 13.0. The number of unbranched alkanes of at least 4 members (excludes halogenated alkanes) is 54. The summed E-state index contributed by atoms with van der Waals surface area (Å²) in [5.74, 6) is 3.14. The molecule has 0 aliphatic carbocycles. The first-order valence-corrected chi connectivity index (χ1v) is 41.6. The SMILES string of the molecule is CCCCCCCCCCCCCCC(CCCCCCCCCC)[CH2][Al]([CH2]C(CCCCCCCCCC)CCCCCCCCCCCCCC)[CH2]C(CCCCCCCCCC)CCCCCCCCCCCCCC. The molecule has 0 amide bonds. The highest BCUT2D eigenvalue weighted by Crippen LogP contribution is 2.35. The van der Waals surface area contributed by atoms with Crippen LogP contribution in [0.25, 0.3) is 0 Å². The first kappa shape index (κ1) is 79.5. The quantitative estimate of drug-likeness (QED) is 0.0421. The first-order valence-electron chi connectivity index (χ1n) is 39.1. The molecular formula is C78H159Al. The van der Waals surface area contributed by atoms with Crippen LogP contribution in [0.4, 0.5) is 0 Å². The van der Waals surface area contributed by atoms with Crippen LogP contribution >= 0.6 is 0 Å². The zero-order valence-electron chi connectivity index (χ0n) is 57.1. The Morgan fingerprint density at radius 2 is 0.241 bits per heavy atom. The first-order chi connectivity index (χ1) is 39.1. The smallest absolute Gasteiger partial charge is 0.0910 e. The van der Waals surface area contributed by atoms with Crippen LogP contribution in [0, 0.1) is 17.8 Å². The highest BCUT2D eigenvalue weighted by molar-refractivity contribution is 6.59. The van der Waals surface area contributed by atoms with Gasteiger partial charge in [-0.2, -0.15) is 0 Å². The summed E-state index contributed by atoms with van der Waals surface area (Å²) in [4.78, 5) is 0. The second-order valence-electron chi connectivity index (χ2n) is 28.0. The van der Waals surface area contributed by atoms with Crippen LogP contribution in [0.5, 0.6) is 0 Å². The van der Waals surface area contributed by atoms with E-state index in [4.69, 9.17) is 0 Å². The molecule has 0 nitrogen and oxygen atoms in total. The lowest BCUT2D eigenvalue weighted by Gasteiger charge is -2.28. The van der Waals surface area contributed by atoms with E-state index in [0.29, 0.717) is 0 Å². The van der Waals surface area contributed by atoms with Gasteiger partial charge in [0.1, 0.15) is 0 Å². The molecule has 79 heavy (non-hydrogen) atoms. The van der Waals surface area contributed by atoms with E-state index < -0.39 is 14.1 Å². The Balaban J connectivity index is 6.25. The lowest BCUT2D eigenvalue weighted by Crippen LogP contribution is -2.25. The van der Waals surface area contributed by atoms with Crippen molar-refractivity contribution < 1.29 is 0 Å². The van der Waals surface area contributed by atoms with Gasteiger partial charge in [-0.15, -0.1) is 0 Å². The van der Waals surface area contributed by atoms with E-state index >= 15 is 0 Å². The van der Waals surface area contributed by atoms with E-state index in [9.17, 15) is 0 Å². The summed E-state index contributed by atoms with van der Waals surface area (Å²) in [7, 11) is 0. The van der Waals surface area contributed by atoms with Crippen LogP contribution in [0.3, 0.4) is 0 Å². The molecule has 0 saturated carbocycles. The van der Waals surface area contributed by atoms with E-state index in [2.05, 4.69) is 41.5 Å². The summed E-state index contributed by atoms with van der Waals surface area (Å²) in [6, 6.07) is 0. The minimum atomic E-state index is -0.909. The molecule has 0 spiro atoms. The molecule has 3 atom stereocenters. The molecule has 0 aliphatic rings. The summed E-state index contributed by atoms with van der Waals surface area (Å²) in [6.07, 6.45) is 98.7. The van der Waals surface area contributed by atoms with Crippen LogP contribution < -0.4 is 0 Å². The van der Waals surface area contributed by atoms with E-state index in [1.54, 1.807) is 92.9 Å². The third kappa shape index (κ3) is 64.4. The van der Waals surface area contributed by atoms with Gasteiger partial charge < -0.3 is 0 Å². The highest BCUT2D eigenvalue weighted by atomic mass is 27.2. The van der Waals surface area contributed by atoms with Crippen molar-refractivity contribution in [3.05, 3.63) is 0 Å². The molecule has 0 heterocycles. The molecular weight excluding hydrogens is 964 g/mol. The van der Waals surface area contributed by atoms with E-state index in [1.165, 1.54) is 347 Å². The maximum absolute atomic E-state index is 2.38. The van der Waals surface area contributed by atoms with Crippen molar-refractivity contribution in [2.45, 2.75) is 481 Å². The highest BCUT2D eigenvalue weighted by Gasteiger charge is 2.28. The van der Waals surface area contributed by atoms with E-state index in [-0.39, 0.29) is 0 Å². The molecule has 0 aliphatic heterocycles. The van der Waals surface area contributed by atoms with Crippen molar-refractivity contribution in [1.29, 1.82) is 0 Å². The van der Waals surface area contributed by atoms with Crippen LogP contribution in [0.2, 0.25) is 15.8 Å². The number of hydrogen-bond donors (Lipinski definition) is 0. The minimum absolute atomic E-state index is 0.909. The zero-order chi connectivity index (χ0) is 57.1. The molecule has 0 bridgehead atoms.